The van der Waals surface area contributed by atoms with Gasteiger partial charge in [-0.2, -0.15) is 0 Å². The quantitative estimate of drug-likeness (QED) is 0.543. The molecule has 0 unspecified atom stereocenters. The first kappa shape index (κ1) is 19.8. The Morgan fingerprint density at radius 3 is 2.63 bits per heavy atom. The number of carbonyl (C=O) groups is 1. The number of fused-ring (bicyclic) bond motifs is 1. The monoisotopic (exact) mass is 404 g/mol. The predicted molar refractivity (Wildman–Crippen MR) is 111 cm³/mol. The number of hydrogen-bond donors (Lipinski definition) is 2. The van der Waals surface area contributed by atoms with Gasteiger partial charge in [0.2, 0.25) is 10.0 Å². The second-order valence-corrected chi connectivity index (χ2v) is 9.61. The van der Waals surface area contributed by atoms with Crippen molar-refractivity contribution in [2.24, 2.45) is 0 Å². The van der Waals surface area contributed by atoms with E-state index in [-0.39, 0.29) is 18.2 Å². The number of benzene rings is 1. The summed E-state index contributed by atoms with van der Waals surface area (Å²) in [4.78, 5) is 14.6. The summed E-state index contributed by atoms with van der Waals surface area (Å²) in [5.74, 6) is -0.215. The highest BCUT2D eigenvalue weighted by atomic mass is 32.2. The van der Waals surface area contributed by atoms with Crippen molar-refractivity contribution in [3.63, 3.8) is 0 Å². The molecule has 0 aliphatic heterocycles. The van der Waals surface area contributed by atoms with E-state index in [1.54, 1.807) is 35.6 Å². The Morgan fingerprint density at radius 1 is 1.15 bits per heavy atom. The molecule has 2 N–H and O–H groups in total. The molecule has 1 aliphatic carbocycles. The van der Waals surface area contributed by atoms with Crippen molar-refractivity contribution in [1.29, 1.82) is 0 Å². The van der Waals surface area contributed by atoms with E-state index in [1.807, 2.05) is 6.07 Å². The number of sulfonamides is 1. The molecule has 3 rings (SSSR count). The van der Waals surface area contributed by atoms with Crippen molar-refractivity contribution in [2.75, 3.05) is 11.9 Å². The molecule has 1 aromatic carbocycles. The van der Waals surface area contributed by atoms with Crippen LogP contribution < -0.4 is 10.0 Å². The van der Waals surface area contributed by atoms with Crippen LogP contribution in [0.1, 0.15) is 44.9 Å². The second-order valence-electron chi connectivity index (χ2n) is 6.67. The summed E-state index contributed by atoms with van der Waals surface area (Å²) in [6.45, 7) is 3.70. The number of rotatable bonds is 7. The van der Waals surface area contributed by atoms with Crippen LogP contribution in [-0.4, -0.2) is 20.9 Å². The molecular weight excluding hydrogens is 380 g/mol. The predicted octanol–water partition coefficient (Wildman–Crippen LogP) is 3.87. The SMILES string of the molecule is C=CCNS(=O)(=O)Cc1ccc(NC(=O)c2cc3c(s2)CCCCC3)cc1. The van der Waals surface area contributed by atoms with E-state index in [0.29, 0.717) is 11.3 Å². The van der Waals surface area contributed by atoms with Crippen LogP contribution in [-0.2, 0) is 28.6 Å². The smallest absolute Gasteiger partial charge is 0.265 e. The van der Waals surface area contributed by atoms with Crippen LogP contribution >= 0.6 is 11.3 Å². The molecule has 0 saturated heterocycles. The van der Waals surface area contributed by atoms with Gasteiger partial charge in [-0.3, -0.25) is 4.79 Å². The molecular formula is C20H24N2O3S2. The molecule has 0 bridgehead atoms. The maximum atomic E-state index is 12.5. The molecule has 1 amide bonds. The van der Waals surface area contributed by atoms with E-state index in [2.05, 4.69) is 16.6 Å². The standard InChI is InChI=1S/C20H24N2O3S2/c1-2-12-21-27(24,25)14-15-8-10-17(11-9-15)22-20(23)19-13-16-6-4-3-5-7-18(16)26-19/h2,8-11,13,21H,1,3-7,12,14H2,(H,22,23). The molecule has 7 heteroatoms. The lowest BCUT2D eigenvalue weighted by molar-refractivity contribution is 0.103. The number of carbonyl (C=O) groups excluding carboxylic acids is 1. The van der Waals surface area contributed by atoms with E-state index in [1.165, 1.54) is 35.8 Å². The largest absolute Gasteiger partial charge is 0.321 e. The molecule has 0 atom stereocenters. The van der Waals surface area contributed by atoms with Crippen molar-refractivity contribution in [3.8, 4) is 0 Å². The molecule has 1 aliphatic rings. The van der Waals surface area contributed by atoms with Crippen molar-refractivity contribution in [3.05, 3.63) is 63.9 Å². The minimum atomic E-state index is -3.39. The summed E-state index contributed by atoms with van der Waals surface area (Å²) in [5.41, 5.74) is 2.63. The van der Waals surface area contributed by atoms with Crippen molar-refractivity contribution >= 4 is 33.0 Å². The third-order valence-electron chi connectivity index (χ3n) is 4.49. The minimum Gasteiger partial charge on any atom is -0.321 e. The molecule has 0 spiro atoms. The number of anilines is 1. The van der Waals surface area contributed by atoms with E-state index in [0.717, 1.165) is 17.7 Å². The van der Waals surface area contributed by atoms with Crippen LogP contribution in [0.2, 0.25) is 0 Å². The van der Waals surface area contributed by atoms with Crippen LogP contribution in [0.25, 0.3) is 0 Å². The van der Waals surface area contributed by atoms with Gasteiger partial charge in [0, 0.05) is 17.1 Å². The average Bonchev–Trinajstić information content (AvgIpc) is 2.92. The van der Waals surface area contributed by atoms with E-state index in [9.17, 15) is 13.2 Å². The Bertz CT molecular complexity index is 892. The topological polar surface area (TPSA) is 75.3 Å². The lowest BCUT2D eigenvalue weighted by atomic mass is 10.1. The van der Waals surface area contributed by atoms with Gasteiger partial charge in [0.05, 0.1) is 10.6 Å². The molecule has 1 aromatic heterocycles. The van der Waals surface area contributed by atoms with Crippen LogP contribution in [0.5, 0.6) is 0 Å². The van der Waals surface area contributed by atoms with E-state index < -0.39 is 10.0 Å². The molecule has 144 valence electrons. The van der Waals surface area contributed by atoms with Crippen LogP contribution in [0.3, 0.4) is 0 Å². The Morgan fingerprint density at radius 2 is 1.89 bits per heavy atom. The number of aryl methyl sites for hydroxylation is 2. The summed E-state index contributed by atoms with van der Waals surface area (Å²) >= 11 is 1.59. The zero-order valence-electron chi connectivity index (χ0n) is 15.2. The molecule has 0 fully saturated rings. The van der Waals surface area contributed by atoms with Gasteiger partial charge in [-0.25, -0.2) is 13.1 Å². The number of hydrogen-bond acceptors (Lipinski definition) is 4. The third kappa shape index (κ3) is 5.51. The maximum absolute atomic E-state index is 12.5. The summed E-state index contributed by atoms with van der Waals surface area (Å²) in [6.07, 6.45) is 7.27. The number of thiophene rings is 1. The fraction of sp³-hybridized carbons (Fsp3) is 0.350. The third-order valence-corrected chi connectivity index (χ3v) is 7.04. The average molecular weight is 405 g/mol. The summed E-state index contributed by atoms with van der Waals surface area (Å²) in [5, 5.41) is 2.90. The first-order valence-electron chi connectivity index (χ1n) is 9.07. The van der Waals surface area contributed by atoms with E-state index in [4.69, 9.17) is 0 Å². The van der Waals surface area contributed by atoms with Crippen molar-refractivity contribution < 1.29 is 13.2 Å². The van der Waals surface area contributed by atoms with Crippen molar-refractivity contribution in [1.82, 2.24) is 4.72 Å². The van der Waals surface area contributed by atoms with Gasteiger partial charge >= 0.3 is 0 Å². The first-order chi connectivity index (χ1) is 13.0. The van der Waals surface area contributed by atoms with Gasteiger partial charge in [-0.15, -0.1) is 17.9 Å². The van der Waals surface area contributed by atoms with Gasteiger partial charge in [0.1, 0.15) is 0 Å². The van der Waals surface area contributed by atoms with Gasteiger partial charge in [0.25, 0.3) is 5.91 Å². The highest BCUT2D eigenvalue weighted by molar-refractivity contribution is 7.88. The second kappa shape index (κ2) is 8.82. The Hall–Kier alpha value is -1.96. The normalized spacial score (nSPS) is 14.2. The fourth-order valence-electron chi connectivity index (χ4n) is 3.11. The number of amides is 1. The van der Waals surface area contributed by atoms with Gasteiger partial charge < -0.3 is 5.32 Å². The fourth-order valence-corrected chi connectivity index (χ4v) is 5.37. The Balaban J connectivity index is 1.62. The van der Waals surface area contributed by atoms with Crippen LogP contribution in [0.4, 0.5) is 5.69 Å². The van der Waals surface area contributed by atoms with Gasteiger partial charge in [-0.05, 0) is 55.0 Å². The molecule has 27 heavy (non-hydrogen) atoms. The Labute approximate surface area is 164 Å². The first-order valence-corrected chi connectivity index (χ1v) is 11.5. The van der Waals surface area contributed by atoms with E-state index >= 15 is 0 Å². The summed E-state index contributed by atoms with van der Waals surface area (Å²) in [6, 6.07) is 8.91. The zero-order valence-corrected chi connectivity index (χ0v) is 16.8. The summed E-state index contributed by atoms with van der Waals surface area (Å²) in [7, 11) is -3.39. The molecule has 2 aromatic rings. The highest BCUT2D eigenvalue weighted by Crippen LogP contribution is 2.29. The molecule has 0 radical (unpaired) electrons. The zero-order chi connectivity index (χ0) is 19.3. The van der Waals surface area contributed by atoms with Gasteiger partial charge in [0.15, 0.2) is 0 Å². The van der Waals surface area contributed by atoms with Gasteiger partial charge in [-0.1, -0.05) is 24.6 Å². The lowest BCUT2D eigenvalue weighted by Gasteiger charge is -2.07. The molecule has 0 saturated carbocycles. The summed E-state index contributed by atoms with van der Waals surface area (Å²) < 4.78 is 26.2. The van der Waals surface area contributed by atoms with Crippen molar-refractivity contribution in [2.45, 2.75) is 37.9 Å². The lowest BCUT2D eigenvalue weighted by Crippen LogP contribution is -2.25. The molecule has 1 heterocycles. The number of nitrogens with one attached hydrogen (secondary N) is 2. The Kier molecular flexibility index (Phi) is 6.46. The highest BCUT2D eigenvalue weighted by Gasteiger charge is 2.17. The maximum Gasteiger partial charge on any atom is 0.265 e. The molecule has 5 nitrogen and oxygen atoms in total. The van der Waals surface area contributed by atoms with Crippen LogP contribution in [0.15, 0.2) is 43.0 Å². The van der Waals surface area contributed by atoms with Crippen LogP contribution in [0, 0.1) is 0 Å². The minimum absolute atomic E-state index is 0.104.